The van der Waals surface area contributed by atoms with Crippen LogP contribution in [-0.4, -0.2) is 35.8 Å². The third kappa shape index (κ3) is 3.02. The Labute approximate surface area is 77.1 Å². The van der Waals surface area contributed by atoms with Gasteiger partial charge in [0.05, 0.1) is 0 Å². The van der Waals surface area contributed by atoms with E-state index < -0.39 is 0 Å². The van der Waals surface area contributed by atoms with Gasteiger partial charge in [-0.25, -0.2) is 0 Å². The lowest BCUT2D eigenvalue weighted by molar-refractivity contribution is -0.134. The molecule has 1 atom stereocenters. The van der Waals surface area contributed by atoms with Gasteiger partial charge in [-0.3, -0.25) is 9.59 Å². The molecule has 1 aliphatic heterocycles. The highest BCUT2D eigenvalue weighted by atomic mass is 16.2. The van der Waals surface area contributed by atoms with Crippen molar-refractivity contribution < 1.29 is 9.59 Å². The van der Waals surface area contributed by atoms with Crippen LogP contribution in [0.5, 0.6) is 0 Å². The lowest BCUT2D eigenvalue weighted by Gasteiger charge is -2.30. The summed E-state index contributed by atoms with van der Waals surface area (Å²) in [7, 11) is 0. The summed E-state index contributed by atoms with van der Waals surface area (Å²) in [6.07, 6.45) is 1.45. The number of amides is 2. The molecule has 0 radical (unpaired) electrons. The minimum atomic E-state index is -0.382. The van der Waals surface area contributed by atoms with Gasteiger partial charge in [-0.05, 0) is 6.42 Å². The van der Waals surface area contributed by atoms with Gasteiger partial charge in [0.2, 0.25) is 11.8 Å². The second-order valence-electron chi connectivity index (χ2n) is 3.35. The lowest BCUT2D eigenvalue weighted by Crippen LogP contribution is -2.47. The van der Waals surface area contributed by atoms with Crippen LogP contribution >= 0.6 is 0 Å². The standard InChI is InChI=1S/C8H15N3O2/c9-6-1-2-8(13)11(5-6)4-3-7(10)12/h6H,1-5,9H2,(H2,10,12). The fourth-order valence-corrected chi connectivity index (χ4v) is 1.40. The molecule has 1 unspecified atom stereocenters. The highest BCUT2D eigenvalue weighted by Crippen LogP contribution is 2.09. The molecule has 0 aromatic rings. The zero-order chi connectivity index (χ0) is 9.84. The van der Waals surface area contributed by atoms with Crippen LogP contribution in [0.4, 0.5) is 0 Å². The molecule has 1 fully saturated rings. The Morgan fingerprint density at radius 2 is 2.31 bits per heavy atom. The number of primary amides is 1. The van der Waals surface area contributed by atoms with Gasteiger partial charge in [0.1, 0.15) is 0 Å². The Bertz CT molecular complexity index is 217. The van der Waals surface area contributed by atoms with E-state index in [9.17, 15) is 9.59 Å². The minimum Gasteiger partial charge on any atom is -0.370 e. The van der Waals surface area contributed by atoms with Gasteiger partial charge in [0.15, 0.2) is 0 Å². The van der Waals surface area contributed by atoms with Gasteiger partial charge >= 0.3 is 0 Å². The van der Waals surface area contributed by atoms with Crippen LogP contribution in [-0.2, 0) is 9.59 Å². The summed E-state index contributed by atoms with van der Waals surface area (Å²) in [5, 5.41) is 0. The van der Waals surface area contributed by atoms with E-state index in [0.29, 0.717) is 19.5 Å². The van der Waals surface area contributed by atoms with Crippen molar-refractivity contribution >= 4 is 11.8 Å². The maximum absolute atomic E-state index is 11.3. The number of hydrogen-bond donors (Lipinski definition) is 2. The van der Waals surface area contributed by atoms with E-state index in [4.69, 9.17) is 11.5 Å². The van der Waals surface area contributed by atoms with E-state index in [1.54, 1.807) is 4.90 Å². The zero-order valence-electron chi connectivity index (χ0n) is 7.53. The van der Waals surface area contributed by atoms with Crippen LogP contribution in [0.15, 0.2) is 0 Å². The highest BCUT2D eigenvalue weighted by Gasteiger charge is 2.22. The van der Waals surface area contributed by atoms with Crippen molar-refractivity contribution in [3.05, 3.63) is 0 Å². The molecule has 1 saturated heterocycles. The van der Waals surface area contributed by atoms with Gasteiger partial charge in [0, 0.05) is 32.0 Å². The molecule has 0 bridgehead atoms. The number of likely N-dealkylation sites (tertiary alicyclic amines) is 1. The monoisotopic (exact) mass is 185 g/mol. The molecule has 1 heterocycles. The summed E-state index contributed by atoms with van der Waals surface area (Å²) in [4.78, 5) is 23.4. The number of piperidine rings is 1. The van der Waals surface area contributed by atoms with Gasteiger partial charge in [-0.1, -0.05) is 0 Å². The molecule has 1 rings (SSSR count). The molecular formula is C8H15N3O2. The molecule has 4 N–H and O–H groups in total. The fourth-order valence-electron chi connectivity index (χ4n) is 1.40. The second kappa shape index (κ2) is 4.23. The smallest absolute Gasteiger partial charge is 0.222 e. The maximum Gasteiger partial charge on any atom is 0.222 e. The van der Waals surface area contributed by atoms with Crippen molar-refractivity contribution in [2.45, 2.75) is 25.3 Å². The van der Waals surface area contributed by atoms with E-state index in [-0.39, 0.29) is 24.3 Å². The van der Waals surface area contributed by atoms with Crippen LogP contribution in [0.2, 0.25) is 0 Å². The van der Waals surface area contributed by atoms with Crippen LogP contribution in [0.25, 0.3) is 0 Å². The molecule has 0 spiro atoms. The normalized spacial score (nSPS) is 23.3. The van der Waals surface area contributed by atoms with Crippen molar-refractivity contribution in [3.8, 4) is 0 Å². The first-order chi connectivity index (χ1) is 6.09. The SMILES string of the molecule is NC(=O)CCN1CC(N)CCC1=O. The third-order valence-electron chi connectivity index (χ3n) is 2.16. The first-order valence-corrected chi connectivity index (χ1v) is 4.41. The number of hydrogen-bond acceptors (Lipinski definition) is 3. The molecule has 0 aromatic heterocycles. The molecule has 2 amide bonds. The van der Waals surface area contributed by atoms with Crippen molar-refractivity contribution in [1.82, 2.24) is 4.90 Å². The van der Waals surface area contributed by atoms with E-state index >= 15 is 0 Å². The Morgan fingerprint density at radius 1 is 1.62 bits per heavy atom. The predicted octanol–water partition coefficient (Wildman–Crippen LogP) is -1.19. The van der Waals surface area contributed by atoms with E-state index in [0.717, 1.165) is 6.42 Å². The van der Waals surface area contributed by atoms with Crippen LogP contribution in [0.1, 0.15) is 19.3 Å². The molecule has 74 valence electrons. The predicted molar refractivity (Wildman–Crippen MR) is 47.6 cm³/mol. The van der Waals surface area contributed by atoms with Crippen molar-refractivity contribution in [2.75, 3.05) is 13.1 Å². The fraction of sp³-hybridized carbons (Fsp3) is 0.750. The van der Waals surface area contributed by atoms with Gasteiger partial charge in [-0.15, -0.1) is 0 Å². The average Bonchev–Trinajstić information content (AvgIpc) is 2.06. The van der Waals surface area contributed by atoms with Crippen LogP contribution in [0, 0.1) is 0 Å². The van der Waals surface area contributed by atoms with Crippen LogP contribution < -0.4 is 11.5 Å². The molecule has 5 nitrogen and oxygen atoms in total. The maximum atomic E-state index is 11.3. The molecule has 5 heteroatoms. The van der Waals surface area contributed by atoms with Crippen molar-refractivity contribution in [2.24, 2.45) is 11.5 Å². The first kappa shape index (κ1) is 9.98. The zero-order valence-corrected chi connectivity index (χ0v) is 7.53. The summed E-state index contributed by atoms with van der Waals surface area (Å²) in [6.45, 7) is 0.952. The number of nitrogens with two attached hydrogens (primary N) is 2. The third-order valence-corrected chi connectivity index (χ3v) is 2.16. The van der Waals surface area contributed by atoms with Gasteiger partial charge in [0.25, 0.3) is 0 Å². The van der Waals surface area contributed by atoms with Gasteiger partial charge < -0.3 is 16.4 Å². The summed E-state index contributed by atoms with van der Waals surface area (Å²) < 4.78 is 0. The number of carbonyl (C=O) groups excluding carboxylic acids is 2. The number of carbonyl (C=O) groups is 2. The average molecular weight is 185 g/mol. The van der Waals surface area contributed by atoms with Crippen molar-refractivity contribution in [1.29, 1.82) is 0 Å². The minimum absolute atomic E-state index is 0.0468. The Hall–Kier alpha value is -1.10. The van der Waals surface area contributed by atoms with E-state index in [2.05, 4.69) is 0 Å². The Morgan fingerprint density at radius 3 is 2.92 bits per heavy atom. The quantitative estimate of drug-likeness (QED) is 0.579. The summed E-state index contributed by atoms with van der Waals surface area (Å²) in [6, 6.07) is 0.0468. The second-order valence-corrected chi connectivity index (χ2v) is 3.35. The van der Waals surface area contributed by atoms with Crippen LogP contribution in [0.3, 0.4) is 0 Å². The first-order valence-electron chi connectivity index (χ1n) is 4.41. The molecule has 1 aliphatic rings. The van der Waals surface area contributed by atoms with E-state index in [1.165, 1.54) is 0 Å². The number of nitrogens with zero attached hydrogens (tertiary/aromatic N) is 1. The summed E-state index contributed by atoms with van der Waals surface area (Å²) in [5.74, 6) is -0.310. The van der Waals surface area contributed by atoms with E-state index in [1.807, 2.05) is 0 Å². The topological polar surface area (TPSA) is 89.4 Å². The highest BCUT2D eigenvalue weighted by molar-refractivity contribution is 5.78. The Kier molecular flexibility index (Phi) is 3.25. The molecular weight excluding hydrogens is 170 g/mol. The lowest BCUT2D eigenvalue weighted by atomic mass is 10.1. The molecule has 0 aromatic carbocycles. The van der Waals surface area contributed by atoms with Gasteiger partial charge in [-0.2, -0.15) is 0 Å². The summed E-state index contributed by atoms with van der Waals surface area (Å²) >= 11 is 0. The number of rotatable bonds is 3. The Balaban J connectivity index is 2.37. The van der Waals surface area contributed by atoms with Crippen molar-refractivity contribution in [3.63, 3.8) is 0 Å². The molecule has 0 aliphatic carbocycles. The largest absolute Gasteiger partial charge is 0.370 e. The summed E-state index contributed by atoms with van der Waals surface area (Å²) in [5.41, 5.74) is 10.7. The molecule has 0 saturated carbocycles. The molecule has 13 heavy (non-hydrogen) atoms.